The molecular weight excluding hydrogens is 255 g/mol. The molecule has 18 heavy (non-hydrogen) atoms. The Bertz CT molecular complexity index is 503. The van der Waals surface area contributed by atoms with Crippen molar-refractivity contribution < 1.29 is 23.5 Å². The van der Waals surface area contributed by atoms with Crippen LogP contribution in [0.4, 0.5) is 0 Å². The molecule has 2 aliphatic rings. The van der Waals surface area contributed by atoms with Crippen molar-refractivity contribution in [1.82, 2.24) is 0 Å². The Morgan fingerprint density at radius 2 is 1.83 bits per heavy atom. The van der Waals surface area contributed by atoms with Crippen molar-refractivity contribution in [1.29, 1.82) is 0 Å². The number of ether oxygens (including phenoxy) is 2. The molecule has 3 rings (SSSR count). The van der Waals surface area contributed by atoms with E-state index in [1.165, 1.54) is 0 Å². The molecule has 0 radical (unpaired) electrons. The third kappa shape index (κ3) is 2.19. The summed E-state index contributed by atoms with van der Waals surface area (Å²) in [5.74, 6) is 0.427. The highest BCUT2D eigenvalue weighted by Gasteiger charge is 2.45. The predicted molar refractivity (Wildman–Crippen MR) is 64.9 cm³/mol. The molecule has 2 saturated heterocycles. The lowest BCUT2D eigenvalue weighted by Crippen LogP contribution is -1.98. The maximum Gasteiger partial charge on any atom is 0.365 e. The molecule has 6 heteroatoms. The van der Waals surface area contributed by atoms with Gasteiger partial charge in [0.05, 0.1) is 12.2 Å². The second kappa shape index (κ2) is 4.35. The van der Waals surface area contributed by atoms with Crippen LogP contribution in [0.15, 0.2) is 18.2 Å². The van der Waals surface area contributed by atoms with Gasteiger partial charge in [-0.2, -0.15) is 0 Å². The van der Waals surface area contributed by atoms with E-state index in [9.17, 15) is 4.57 Å². The molecular formula is C12H15O5P. The van der Waals surface area contributed by atoms with Crippen molar-refractivity contribution in [2.45, 2.75) is 38.3 Å². The molecule has 0 bridgehead atoms. The van der Waals surface area contributed by atoms with E-state index < -0.39 is 8.25 Å². The standard InChI is InChI=1S/C12H15O5P/c1-6-11(15-6)8-4-3-5-9(17-18(13)14)10(8)12-7(2)16-12/h3-7,11-12,18H,1-2H3,(H,13,14). The maximum atomic E-state index is 10.9. The van der Waals surface area contributed by atoms with Gasteiger partial charge in [-0.25, -0.2) is 4.57 Å². The number of hydrogen-bond donors (Lipinski definition) is 1. The summed E-state index contributed by atoms with van der Waals surface area (Å²) in [5.41, 5.74) is 1.85. The van der Waals surface area contributed by atoms with Crippen LogP contribution in [0.5, 0.6) is 5.75 Å². The molecule has 5 nitrogen and oxygen atoms in total. The van der Waals surface area contributed by atoms with Gasteiger partial charge in [0.25, 0.3) is 0 Å². The molecule has 1 aromatic carbocycles. The van der Waals surface area contributed by atoms with E-state index in [2.05, 4.69) is 0 Å². The molecule has 2 aliphatic heterocycles. The summed E-state index contributed by atoms with van der Waals surface area (Å²) in [6.07, 6.45) is 0.276. The van der Waals surface area contributed by atoms with E-state index in [1.807, 2.05) is 19.9 Å². The predicted octanol–water partition coefficient (Wildman–Crippen LogP) is 2.37. The van der Waals surface area contributed by atoms with E-state index in [0.717, 1.165) is 11.1 Å². The summed E-state index contributed by atoms with van der Waals surface area (Å²) in [6.45, 7) is 3.96. The first-order valence-electron chi connectivity index (χ1n) is 5.92. The van der Waals surface area contributed by atoms with Crippen molar-refractivity contribution in [2.75, 3.05) is 0 Å². The molecule has 0 saturated carbocycles. The largest absolute Gasteiger partial charge is 0.426 e. The van der Waals surface area contributed by atoms with Gasteiger partial charge in [0, 0.05) is 5.56 Å². The van der Waals surface area contributed by atoms with Crippen LogP contribution in [0.2, 0.25) is 0 Å². The van der Waals surface area contributed by atoms with Crippen LogP contribution < -0.4 is 4.52 Å². The highest BCUT2D eigenvalue weighted by molar-refractivity contribution is 7.32. The Labute approximate surface area is 106 Å². The monoisotopic (exact) mass is 270 g/mol. The normalized spacial score (nSPS) is 35.1. The van der Waals surface area contributed by atoms with Gasteiger partial charge in [0.2, 0.25) is 0 Å². The van der Waals surface area contributed by atoms with Crippen molar-refractivity contribution in [3.05, 3.63) is 29.3 Å². The summed E-state index contributed by atoms with van der Waals surface area (Å²) in [5, 5.41) is 0. The number of rotatable bonds is 4. The average molecular weight is 270 g/mol. The van der Waals surface area contributed by atoms with E-state index in [0.29, 0.717) is 5.75 Å². The second-order valence-electron chi connectivity index (χ2n) is 4.65. The smallest absolute Gasteiger partial charge is 0.365 e. The van der Waals surface area contributed by atoms with Gasteiger partial charge in [-0.1, -0.05) is 12.1 Å². The topological polar surface area (TPSA) is 71.6 Å². The third-order valence-electron chi connectivity index (χ3n) is 3.31. The van der Waals surface area contributed by atoms with E-state index in [1.54, 1.807) is 12.1 Å². The Morgan fingerprint density at radius 3 is 2.33 bits per heavy atom. The maximum absolute atomic E-state index is 10.9. The van der Waals surface area contributed by atoms with Gasteiger partial charge in [-0.15, -0.1) is 0 Å². The average Bonchev–Trinajstić information content (AvgIpc) is 3.17. The Hall–Kier alpha value is -0.870. The fraction of sp³-hybridized carbons (Fsp3) is 0.500. The zero-order valence-electron chi connectivity index (χ0n) is 10.1. The number of hydrogen-bond acceptors (Lipinski definition) is 4. The lowest BCUT2D eigenvalue weighted by atomic mass is 9.98. The summed E-state index contributed by atoms with van der Waals surface area (Å²) < 4.78 is 26.9. The number of epoxide rings is 2. The molecule has 0 aliphatic carbocycles. The summed E-state index contributed by atoms with van der Waals surface area (Å²) >= 11 is 0. The van der Waals surface area contributed by atoms with Crippen LogP contribution >= 0.6 is 8.25 Å². The molecule has 1 aromatic rings. The SMILES string of the molecule is CC1OC1c1cccc(O[PH](=O)O)c1C1OC1C. The van der Waals surface area contributed by atoms with Gasteiger partial charge in [-0.05, 0) is 25.5 Å². The van der Waals surface area contributed by atoms with Gasteiger partial charge in [0.15, 0.2) is 0 Å². The van der Waals surface area contributed by atoms with Gasteiger partial charge in [0.1, 0.15) is 18.0 Å². The summed E-state index contributed by atoms with van der Waals surface area (Å²) in [4.78, 5) is 8.95. The van der Waals surface area contributed by atoms with E-state index in [4.69, 9.17) is 18.9 Å². The van der Waals surface area contributed by atoms with Crippen LogP contribution in [0, 0.1) is 0 Å². The zero-order valence-corrected chi connectivity index (χ0v) is 11.1. The van der Waals surface area contributed by atoms with Gasteiger partial charge in [-0.3, -0.25) is 0 Å². The summed E-state index contributed by atoms with van der Waals surface area (Å²) in [7, 11) is -3.01. The van der Waals surface area contributed by atoms with Crippen molar-refractivity contribution in [2.24, 2.45) is 0 Å². The lowest BCUT2D eigenvalue weighted by Gasteiger charge is -2.11. The first kappa shape index (κ1) is 12.2. The lowest BCUT2D eigenvalue weighted by molar-refractivity contribution is 0.365. The molecule has 5 unspecified atom stereocenters. The fourth-order valence-corrected chi connectivity index (χ4v) is 2.66. The van der Waals surface area contributed by atoms with Crippen molar-refractivity contribution in [3.63, 3.8) is 0 Å². The van der Waals surface area contributed by atoms with Gasteiger partial charge >= 0.3 is 8.25 Å². The van der Waals surface area contributed by atoms with Crippen molar-refractivity contribution >= 4 is 8.25 Å². The Kier molecular flexibility index (Phi) is 2.94. The molecule has 0 aromatic heterocycles. The molecule has 98 valence electrons. The minimum atomic E-state index is -3.01. The molecule has 0 spiro atoms. The molecule has 5 atom stereocenters. The zero-order chi connectivity index (χ0) is 12.9. The minimum absolute atomic E-state index is 0.0426. The minimum Gasteiger partial charge on any atom is -0.426 e. The van der Waals surface area contributed by atoms with E-state index in [-0.39, 0.29) is 24.4 Å². The third-order valence-corrected chi connectivity index (χ3v) is 3.70. The molecule has 2 fully saturated rings. The van der Waals surface area contributed by atoms with Crippen LogP contribution in [0.25, 0.3) is 0 Å². The van der Waals surface area contributed by atoms with Crippen LogP contribution in [-0.2, 0) is 14.0 Å². The first-order valence-corrected chi connectivity index (χ1v) is 7.19. The second-order valence-corrected chi connectivity index (χ2v) is 5.39. The first-order chi connectivity index (χ1) is 8.58. The highest BCUT2D eigenvalue weighted by atomic mass is 31.1. The fourth-order valence-electron chi connectivity index (χ4n) is 2.30. The molecule has 0 amide bonds. The van der Waals surface area contributed by atoms with Crippen LogP contribution in [0.1, 0.15) is 37.2 Å². The van der Waals surface area contributed by atoms with Crippen molar-refractivity contribution in [3.8, 4) is 5.75 Å². The van der Waals surface area contributed by atoms with Crippen LogP contribution in [-0.4, -0.2) is 17.1 Å². The molecule has 2 heterocycles. The molecule has 1 N–H and O–H groups in total. The summed E-state index contributed by atoms with van der Waals surface area (Å²) in [6, 6.07) is 5.46. The van der Waals surface area contributed by atoms with Gasteiger partial charge < -0.3 is 18.9 Å². The Balaban J connectivity index is 2.00. The number of benzene rings is 1. The highest BCUT2D eigenvalue weighted by Crippen LogP contribution is 2.51. The Morgan fingerprint density at radius 1 is 1.22 bits per heavy atom. The quantitative estimate of drug-likeness (QED) is 0.671. The van der Waals surface area contributed by atoms with E-state index >= 15 is 0 Å². The van der Waals surface area contributed by atoms with Crippen LogP contribution in [0.3, 0.4) is 0 Å².